The van der Waals surface area contributed by atoms with E-state index in [0.29, 0.717) is 0 Å². The summed E-state index contributed by atoms with van der Waals surface area (Å²) < 4.78 is 0. The lowest BCUT2D eigenvalue weighted by Gasteiger charge is -2.11. The normalized spacial score (nSPS) is 19.7. The zero-order valence-corrected chi connectivity index (χ0v) is 13.0. The van der Waals surface area contributed by atoms with Crippen molar-refractivity contribution in [3.8, 4) is 0 Å². The fourth-order valence-electron chi connectivity index (χ4n) is 2.71. The van der Waals surface area contributed by atoms with Crippen molar-refractivity contribution in [2.75, 3.05) is 0 Å². The molecule has 110 valence electrons. The maximum absolute atomic E-state index is 12.3. The second-order valence-corrected chi connectivity index (χ2v) is 6.13. The molecule has 2 aromatic carbocycles. The van der Waals surface area contributed by atoms with E-state index in [4.69, 9.17) is 6.57 Å². The number of nitrogens with one attached hydrogen (secondary N) is 1. The highest BCUT2D eigenvalue weighted by Crippen LogP contribution is 2.47. The van der Waals surface area contributed by atoms with Crippen molar-refractivity contribution in [1.82, 2.24) is 5.32 Å². The van der Waals surface area contributed by atoms with Crippen molar-refractivity contribution in [3.05, 3.63) is 65.0 Å². The number of aryl methyl sites for hydroxylation is 1. The summed E-state index contributed by atoms with van der Waals surface area (Å²) in [5.74, 6) is -0.225. The van der Waals surface area contributed by atoms with E-state index in [2.05, 4.69) is 41.4 Å². The lowest BCUT2D eigenvalue weighted by atomic mass is 10.00. The largest absolute Gasteiger partial charge is 0.353 e. The van der Waals surface area contributed by atoms with Gasteiger partial charge >= 0.3 is 11.4 Å². The Labute approximate surface area is 130 Å². The Morgan fingerprint density at radius 2 is 1.86 bits per heavy atom. The number of hydrogen-bond acceptors (Lipinski definition) is 1. The maximum Gasteiger partial charge on any atom is 0.353 e. The first-order chi connectivity index (χ1) is 10.5. The lowest BCUT2D eigenvalue weighted by molar-refractivity contribution is -0.122. The first-order valence-corrected chi connectivity index (χ1v) is 7.40. The predicted octanol–water partition coefficient (Wildman–Crippen LogP) is 3.73. The lowest BCUT2D eigenvalue weighted by Crippen LogP contribution is -2.40. The van der Waals surface area contributed by atoms with Crippen molar-refractivity contribution >= 4 is 22.3 Å². The molecule has 3 heteroatoms. The van der Waals surface area contributed by atoms with Gasteiger partial charge < -0.3 is 5.32 Å². The Morgan fingerprint density at radius 3 is 2.55 bits per heavy atom. The van der Waals surface area contributed by atoms with Gasteiger partial charge in [0.05, 0.1) is 5.57 Å². The first kappa shape index (κ1) is 14.3. The van der Waals surface area contributed by atoms with Gasteiger partial charge in [-0.15, -0.1) is 0 Å². The fraction of sp³-hybridized carbons (Fsp3) is 0.263. The summed E-state index contributed by atoms with van der Waals surface area (Å²) in [5.41, 5.74) is 1.87. The highest BCUT2D eigenvalue weighted by Gasteiger charge is 2.59. The standard InChI is InChI=1S/C19H18N2O/c1-12(2)21-18(22)19(20-4)11-17(19)16-8-7-14-9-13(3)5-6-15(14)10-16/h5-12H,1-3H3,(H,21,22)/t19-/m0/s1. The zero-order chi connectivity index (χ0) is 15.9. The molecule has 0 heterocycles. The van der Waals surface area contributed by atoms with Crippen LogP contribution in [0.15, 0.2) is 42.5 Å². The number of carbonyl (C=O) groups is 1. The minimum atomic E-state index is -1.11. The van der Waals surface area contributed by atoms with Gasteiger partial charge in [0.25, 0.3) is 0 Å². The summed E-state index contributed by atoms with van der Waals surface area (Å²) in [6, 6.07) is 12.4. The molecule has 0 radical (unpaired) electrons. The predicted molar refractivity (Wildman–Crippen MR) is 89.3 cm³/mol. The molecule has 1 aliphatic rings. The summed E-state index contributed by atoms with van der Waals surface area (Å²) >= 11 is 0. The quantitative estimate of drug-likeness (QED) is 0.859. The van der Waals surface area contributed by atoms with E-state index in [-0.39, 0.29) is 11.9 Å². The van der Waals surface area contributed by atoms with Gasteiger partial charge in [-0.2, -0.15) is 0 Å². The third-order valence-corrected chi connectivity index (χ3v) is 3.93. The van der Waals surface area contributed by atoms with Crippen LogP contribution in [0.4, 0.5) is 0 Å². The van der Waals surface area contributed by atoms with Crippen molar-refractivity contribution in [1.29, 1.82) is 0 Å². The van der Waals surface area contributed by atoms with Crippen LogP contribution in [-0.2, 0) is 4.79 Å². The summed E-state index contributed by atoms with van der Waals surface area (Å²) in [6.07, 6.45) is 1.76. The van der Waals surface area contributed by atoms with E-state index in [1.54, 1.807) is 6.08 Å². The van der Waals surface area contributed by atoms with E-state index in [1.165, 1.54) is 10.9 Å². The summed E-state index contributed by atoms with van der Waals surface area (Å²) in [6.45, 7) is 13.3. The summed E-state index contributed by atoms with van der Waals surface area (Å²) in [7, 11) is 0. The average Bonchev–Trinajstić information content (AvgIpc) is 3.22. The number of hydrogen-bond donors (Lipinski definition) is 1. The van der Waals surface area contributed by atoms with Crippen LogP contribution < -0.4 is 5.32 Å². The van der Waals surface area contributed by atoms with Crippen LogP contribution in [0.1, 0.15) is 25.0 Å². The average molecular weight is 290 g/mol. The van der Waals surface area contributed by atoms with Gasteiger partial charge in [0.15, 0.2) is 0 Å². The van der Waals surface area contributed by atoms with E-state index in [0.717, 1.165) is 16.5 Å². The van der Waals surface area contributed by atoms with Crippen LogP contribution in [-0.4, -0.2) is 17.5 Å². The molecule has 0 spiro atoms. The van der Waals surface area contributed by atoms with Gasteiger partial charge in [-0.1, -0.05) is 35.9 Å². The number of rotatable bonds is 3. The smallest absolute Gasteiger partial charge is 0.346 e. The second-order valence-electron chi connectivity index (χ2n) is 6.13. The molecule has 1 aliphatic carbocycles. The molecule has 22 heavy (non-hydrogen) atoms. The van der Waals surface area contributed by atoms with Gasteiger partial charge in [0.1, 0.15) is 0 Å². The molecule has 1 amide bonds. The fourth-order valence-corrected chi connectivity index (χ4v) is 2.71. The number of amides is 1. The Balaban J connectivity index is 1.93. The highest BCUT2D eigenvalue weighted by molar-refractivity contribution is 6.15. The number of nitrogens with zero attached hydrogens (tertiary/aromatic N) is 1. The van der Waals surface area contributed by atoms with Crippen molar-refractivity contribution in [2.24, 2.45) is 0 Å². The van der Waals surface area contributed by atoms with Crippen LogP contribution in [0.5, 0.6) is 0 Å². The minimum Gasteiger partial charge on any atom is -0.346 e. The third-order valence-electron chi connectivity index (χ3n) is 3.93. The Hall–Kier alpha value is -2.60. The Morgan fingerprint density at radius 1 is 1.18 bits per heavy atom. The topological polar surface area (TPSA) is 33.5 Å². The molecule has 2 aromatic rings. The van der Waals surface area contributed by atoms with Crippen molar-refractivity contribution < 1.29 is 4.79 Å². The molecule has 0 fully saturated rings. The van der Waals surface area contributed by atoms with Gasteiger partial charge in [-0.3, -0.25) is 9.64 Å². The zero-order valence-electron chi connectivity index (χ0n) is 13.0. The van der Waals surface area contributed by atoms with Crippen LogP contribution in [0.25, 0.3) is 21.2 Å². The molecule has 0 aliphatic heterocycles. The number of benzene rings is 2. The Kier molecular flexibility index (Phi) is 3.26. The van der Waals surface area contributed by atoms with E-state index < -0.39 is 5.54 Å². The SMILES string of the molecule is [C-]#[N+][C@@]1(C(=O)NC(C)C)C=C1c1ccc2cc(C)ccc2c1. The minimum absolute atomic E-state index is 0.0287. The van der Waals surface area contributed by atoms with Gasteiger partial charge in [0, 0.05) is 12.1 Å². The van der Waals surface area contributed by atoms with E-state index in [9.17, 15) is 4.79 Å². The molecular weight excluding hydrogens is 272 g/mol. The molecule has 0 bridgehead atoms. The Bertz CT molecular complexity index is 842. The third kappa shape index (κ3) is 2.27. The van der Waals surface area contributed by atoms with E-state index in [1.807, 2.05) is 26.0 Å². The summed E-state index contributed by atoms with van der Waals surface area (Å²) in [5, 5.41) is 5.13. The molecule has 3 rings (SSSR count). The molecule has 1 atom stereocenters. The molecule has 3 nitrogen and oxygen atoms in total. The van der Waals surface area contributed by atoms with Crippen LogP contribution in [0.3, 0.4) is 0 Å². The van der Waals surface area contributed by atoms with Gasteiger partial charge in [-0.05, 0) is 43.2 Å². The van der Waals surface area contributed by atoms with Crippen LogP contribution >= 0.6 is 0 Å². The molecule has 0 saturated heterocycles. The summed E-state index contributed by atoms with van der Waals surface area (Å²) in [4.78, 5) is 15.9. The highest BCUT2D eigenvalue weighted by atomic mass is 16.2. The monoisotopic (exact) mass is 290 g/mol. The van der Waals surface area contributed by atoms with Crippen LogP contribution in [0, 0.1) is 13.5 Å². The van der Waals surface area contributed by atoms with Crippen molar-refractivity contribution in [3.63, 3.8) is 0 Å². The van der Waals surface area contributed by atoms with Crippen molar-refractivity contribution in [2.45, 2.75) is 32.4 Å². The second kappa shape index (κ2) is 4.99. The maximum atomic E-state index is 12.3. The molecule has 0 aromatic heterocycles. The molecule has 0 unspecified atom stereocenters. The van der Waals surface area contributed by atoms with Crippen LogP contribution in [0.2, 0.25) is 0 Å². The molecule has 1 N–H and O–H groups in total. The molecular formula is C19H18N2O. The number of fused-ring (bicyclic) bond motifs is 1. The van der Waals surface area contributed by atoms with Gasteiger partial charge in [0.2, 0.25) is 0 Å². The first-order valence-electron chi connectivity index (χ1n) is 7.40. The van der Waals surface area contributed by atoms with E-state index >= 15 is 0 Å². The number of carbonyl (C=O) groups excluding carboxylic acids is 1. The molecule has 0 saturated carbocycles. The van der Waals surface area contributed by atoms with Gasteiger partial charge in [-0.25, -0.2) is 6.57 Å².